The molecule has 0 aliphatic heterocycles. The van der Waals surface area contributed by atoms with Crippen molar-refractivity contribution in [2.24, 2.45) is 0 Å². The first-order valence-electron chi connectivity index (χ1n) is 12.1. The van der Waals surface area contributed by atoms with Crippen LogP contribution in [0.15, 0.2) is 29.6 Å². The van der Waals surface area contributed by atoms with Crippen molar-refractivity contribution in [3.05, 3.63) is 56.8 Å². The average molecular weight is 574 g/mol. The molecule has 1 atom stereocenters. The normalized spacial score (nSPS) is 15.5. The third-order valence-electron chi connectivity index (χ3n) is 6.97. The Hall–Kier alpha value is -3.19. The van der Waals surface area contributed by atoms with Crippen molar-refractivity contribution in [2.75, 3.05) is 14.1 Å². The lowest BCUT2D eigenvalue weighted by Gasteiger charge is -2.26. The third-order valence-corrected chi connectivity index (χ3v) is 8.02. The van der Waals surface area contributed by atoms with Crippen LogP contribution < -0.4 is 10.6 Å². The molecule has 1 unspecified atom stereocenters. The van der Waals surface area contributed by atoms with Crippen molar-refractivity contribution < 1.29 is 41.1 Å². The Bertz CT molecular complexity index is 1210. The molecule has 2 aromatic rings. The number of thiophene rings is 1. The number of hydrogen-bond donors (Lipinski definition) is 2. The number of rotatable bonds is 13. The van der Waals surface area contributed by atoms with Crippen LogP contribution in [0.4, 0.5) is 22.0 Å². The second kappa shape index (κ2) is 11.9. The minimum Gasteiger partial charge on any atom is -0.358 e. The van der Waals surface area contributed by atoms with Crippen molar-refractivity contribution in [2.45, 2.75) is 62.3 Å². The lowest BCUT2D eigenvalue weighted by atomic mass is 9.93. The Kier molecular flexibility index (Phi) is 9.27. The summed E-state index contributed by atoms with van der Waals surface area (Å²) in [5, 5.41) is 6.17. The van der Waals surface area contributed by atoms with Crippen LogP contribution in [0.1, 0.15) is 57.6 Å². The van der Waals surface area contributed by atoms with E-state index < -0.39 is 35.0 Å². The molecule has 0 bridgehead atoms. The molecule has 0 saturated heterocycles. The molecule has 1 heterocycles. The van der Waals surface area contributed by atoms with Gasteiger partial charge in [0.05, 0.1) is 18.0 Å². The predicted octanol–water partition coefficient (Wildman–Crippen LogP) is 4.09. The Labute approximate surface area is 225 Å². The summed E-state index contributed by atoms with van der Waals surface area (Å²) in [6.07, 6.45) is -3.11. The first-order chi connectivity index (χ1) is 18.3. The topological polar surface area (TPSA) is 95.6 Å². The molecule has 0 spiro atoms. The maximum absolute atomic E-state index is 14.9. The number of amides is 2. The van der Waals surface area contributed by atoms with Crippen molar-refractivity contribution in [3.8, 4) is 0 Å². The molecule has 1 fully saturated rings. The van der Waals surface area contributed by atoms with Crippen molar-refractivity contribution in [3.63, 3.8) is 0 Å². The quantitative estimate of drug-likeness (QED) is 0.278. The number of aldehydes is 2. The predicted molar refractivity (Wildman–Crippen MR) is 133 cm³/mol. The van der Waals surface area contributed by atoms with Gasteiger partial charge in [-0.1, -0.05) is 24.3 Å². The van der Waals surface area contributed by atoms with Gasteiger partial charge in [-0.2, -0.15) is 22.0 Å². The molecule has 1 aliphatic rings. The van der Waals surface area contributed by atoms with Crippen molar-refractivity contribution in [1.29, 1.82) is 0 Å². The summed E-state index contributed by atoms with van der Waals surface area (Å²) in [4.78, 5) is 49.2. The average Bonchev–Trinajstić information content (AvgIpc) is 3.65. The number of nitrogens with zero attached hydrogens (tertiary/aromatic N) is 1. The van der Waals surface area contributed by atoms with E-state index in [4.69, 9.17) is 0 Å². The van der Waals surface area contributed by atoms with Gasteiger partial charge in [-0.05, 0) is 37.4 Å². The number of carbonyl (C=O) groups excluding carboxylic acids is 4. The van der Waals surface area contributed by atoms with Gasteiger partial charge in [-0.15, -0.1) is 11.3 Å². The van der Waals surface area contributed by atoms with Gasteiger partial charge < -0.3 is 15.4 Å². The molecule has 2 N–H and O–H groups in total. The minimum atomic E-state index is -4.49. The second-order valence-corrected chi connectivity index (χ2v) is 10.4. The van der Waals surface area contributed by atoms with Crippen molar-refractivity contribution in [1.82, 2.24) is 15.5 Å². The fraction of sp³-hybridized carbons (Fsp3) is 0.462. The Morgan fingerprint density at radius 2 is 1.77 bits per heavy atom. The van der Waals surface area contributed by atoms with Gasteiger partial charge in [0.1, 0.15) is 6.29 Å². The standard InChI is InChI=1S/C26H28F5N3O4S/c1-32-22(37)20(4-3-11-35)34(2)13-19-16(14-36)15-39-21(19)12-33-23(38)25(27,28)18-7-5-17(6-8-18)24(9-10-24)26(29,30)31/h5-8,11,14-15,20H,3-4,9-10,12-13H2,1-2H3,(H,32,37)(H,33,38). The van der Waals surface area contributed by atoms with Gasteiger partial charge in [0.2, 0.25) is 5.91 Å². The monoisotopic (exact) mass is 573 g/mol. The molecule has 1 saturated carbocycles. The molecule has 2 amide bonds. The zero-order chi connectivity index (χ0) is 29.0. The maximum Gasteiger partial charge on any atom is 0.398 e. The molecule has 0 radical (unpaired) electrons. The highest BCUT2D eigenvalue weighted by atomic mass is 32.1. The highest BCUT2D eigenvalue weighted by molar-refractivity contribution is 7.10. The summed E-state index contributed by atoms with van der Waals surface area (Å²) in [6.45, 7) is -0.275. The van der Waals surface area contributed by atoms with Crippen LogP contribution in [-0.2, 0) is 38.8 Å². The highest BCUT2D eigenvalue weighted by Crippen LogP contribution is 2.59. The van der Waals surface area contributed by atoms with Gasteiger partial charge in [-0.3, -0.25) is 19.3 Å². The Morgan fingerprint density at radius 1 is 1.13 bits per heavy atom. The number of hydrogen-bond acceptors (Lipinski definition) is 6. The summed E-state index contributed by atoms with van der Waals surface area (Å²) < 4.78 is 69.8. The van der Waals surface area contributed by atoms with Crippen LogP contribution in [0.2, 0.25) is 0 Å². The smallest absolute Gasteiger partial charge is 0.358 e. The van der Waals surface area contributed by atoms with Gasteiger partial charge >= 0.3 is 12.1 Å². The molecular formula is C26H28F5N3O4S. The molecule has 13 heteroatoms. The molecule has 1 aromatic heterocycles. The van der Waals surface area contributed by atoms with Gasteiger partial charge in [0.25, 0.3) is 5.91 Å². The number of alkyl halides is 5. The zero-order valence-corrected chi connectivity index (χ0v) is 22.1. The first-order valence-corrected chi connectivity index (χ1v) is 12.9. The molecule has 212 valence electrons. The molecular weight excluding hydrogens is 545 g/mol. The molecule has 3 rings (SSSR count). The second-order valence-electron chi connectivity index (χ2n) is 9.41. The van der Waals surface area contributed by atoms with E-state index in [1.807, 2.05) is 0 Å². The van der Waals surface area contributed by atoms with Crippen LogP contribution in [0, 0.1) is 0 Å². The molecule has 1 aliphatic carbocycles. The first kappa shape index (κ1) is 30.4. The third kappa shape index (κ3) is 6.35. The van der Waals surface area contributed by atoms with Crippen LogP contribution in [-0.4, -0.2) is 55.6 Å². The maximum atomic E-state index is 14.9. The van der Waals surface area contributed by atoms with Crippen LogP contribution in [0.5, 0.6) is 0 Å². The zero-order valence-electron chi connectivity index (χ0n) is 21.2. The number of benzene rings is 1. The Balaban J connectivity index is 1.72. The summed E-state index contributed by atoms with van der Waals surface area (Å²) in [5.41, 5.74) is -2.18. The van der Waals surface area contributed by atoms with E-state index in [0.717, 1.165) is 35.6 Å². The lowest BCUT2D eigenvalue weighted by molar-refractivity contribution is -0.160. The van der Waals surface area contributed by atoms with E-state index >= 15 is 0 Å². The van der Waals surface area contributed by atoms with Gasteiger partial charge in [0, 0.05) is 41.4 Å². The number of nitrogens with one attached hydrogen (secondary N) is 2. The van der Waals surface area contributed by atoms with E-state index in [2.05, 4.69) is 10.6 Å². The highest BCUT2D eigenvalue weighted by Gasteiger charge is 2.64. The SMILES string of the molecule is CNC(=O)C(CCC=O)N(C)Cc1c(C=O)csc1CNC(=O)C(F)(F)c1ccc(C2(C(F)(F)F)CC2)cc1. The minimum absolute atomic E-state index is 0.0680. The van der Waals surface area contributed by atoms with Crippen LogP contribution >= 0.6 is 11.3 Å². The van der Waals surface area contributed by atoms with Gasteiger partial charge in [-0.25, -0.2) is 0 Å². The van der Waals surface area contributed by atoms with E-state index in [1.54, 1.807) is 11.9 Å². The van der Waals surface area contributed by atoms with Crippen LogP contribution in [0.3, 0.4) is 0 Å². The lowest BCUT2D eigenvalue weighted by Crippen LogP contribution is -2.44. The fourth-order valence-electron chi connectivity index (χ4n) is 4.43. The van der Waals surface area contributed by atoms with Gasteiger partial charge in [0.15, 0.2) is 6.29 Å². The Morgan fingerprint density at radius 3 is 2.28 bits per heavy atom. The van der Waals surface area contributed by atoms with E-state index in [9.17, 15) is 41.1 Å². The largest absolute Gasteiger partial charge is 0.398 e. The van der Waals surface area contributed by atoms with Crippen LogP contribution in [0.25, 0.3) is 0 Å². The van der Waals surface area contributed by atoms with E-state index in [1.165, 1.54) is 12.4 Å². The van der Waals surface area contributed by atoms with E-state index in [-0.39, 0.29) is 55.8 Å². The summed E-state index contributed by atoms with van der Waals surface area (Å²) in [5.74, 6) is -6.01. The summed E-state index contributed by atoms with van der Waals surface area (Å²) in [6, 6.07) is 2.92. The van der Waals surface area contributed by atoms with Crippen molar-refractivity contribution >= 4 is 35.7 Å². The van der Waals surface area contributed by atoms with E-state index in [0.29, 0.717) is 23.0 Å². The molecule has 1 aromatic carbocycles. The fourth-order valence-corrected chi connectivity index (χ4v) is 5.38. The number of likely N-dealkylation sites (N-methyl/N-ethyl adjacent to an activating group) is 2. The summed E-state index contributed by atoms with van der Waals surface area (Å²) >= 11 is 1.07. The molecule has 7 nitrogen and oxygen atoms in total. The molecule has 39 heavy (non-hydrogen) atoms. The number of carbonyl (C=O) groups is 4. The summed E-state index contributed by atoms with van der Waals surface area (Å²) in [7, 11) is 3.06. The number of halogens is 5.